The van der Waals surface area contributed by atoms with Gasteiger partial charge in [0.25, 0.3) is 0 Å². The summed E-state index contributed by atoms with van der Waals surface area (Å²) in [4.78, 5) is 28.5. The molecule has 0 atom stereocenters. The van der Waals surface area contributed by atoms with Crippen LogP contribution in [0.5, 0.6) is 0 Å². The normalized spacial score (nSPS) is 13.9. The van der Waals surface area contributed by atoms with Gasteiger partial charge in [-0.3, -0.25) is 9.59 Å². The number of rotatable bonds is 10. The quantitative estimate of drug-likeness (QED) is 0.514. The molecule has 6 nitrogen and oxygen atoms in total. The van der Waals surface area contributed by atoms with Crippen LogP contribution in [0, 0.1) is 5.92 Å². The first-order valence-corrected chi connectivity index (χ1v) is 9.96. The van der Waals surface area contributed by atoms with Crippen molar-refractivity contribution >= 4 is 22.9 Å². The molecule has 1 aliphatic carbocycles. The number of unbranched alkanes of at least 4 members (excludes halogenated alkanes) is 2. The molecular weight excluding hydrogens is 342 g/mol. The van der Waals surface area contributed by atoms with Gasteiger partial charge in [0.2, 0.25) is 5.91 Å². The molecule has 146 valence electrons. The molecule has 0 bridgehead atoms. The first kappa shape index (κ1) is 19.4. The monoisotopic (exact) mass is 371 g/mol. The number of imidazole rings is 1. The van der Waals surface area contributed by atoms with Crippen molar-refractivity contribution in [3.05, 3.63) is 30.1 Å². The molecule has 1 heterocycles. The lowest BCUT2D eigenvalue weighted by Crippen LogP contribution is -2.25. The van der Waals surface area contributed by atoms with E-state index >= 15 is 0 Å². The van der Waals surface area contributed by atoms with Crippen molar-refractivity contribution in [1.82, 2.24) is 14.9 Å². The van der Waals surface area contributed by atoms with Gasteiger partial charge in [-0.15, -0.1) is 0 Å². The smallest absolute Gasteiger partial charge is 0.326 e. The Morgan fingerprint density at radius 2 is 2.00 bits per heavy atom. The second-order valence-electron chi connectivity index (χ2n) is 7.52. The SMILES string of the molecule is CC(C)OC(=O)Cn1c(CCCCCNC(=O)C2CC2)nc2ccccc21. The Balaban J connectivity index is 1.53. The van der Waals surface area contributed by atoms with Crippen molar-refractivity contribution < 1.29 is 14.3 Å². The number of carbonyl (C=O) groups excluding carboxylic acids is 2. The zero-order valence-corrected chi connectivity index (χ0v) is 16.2. The molecule has 1 aromatic heterocycles. The van der Waals surface area contributed by atoms with Gasteiger partial charge in [0.1, 0.15) is 12.4 Å². The molecule has 0 unspecified atom stereocenters. The van der Waals surface area contributed by atoms with Crippen LogP contribution in [0.15, 0.2) is 24.3 Å². The average molecular weight is 371 g/mol. The number of nitrogens with zero attached hydrogens (tertiary/aromatic N) is 2. The van der Waals surface area contributed by atoms with Crippen LogP contribution in [0.4, 0.5) is 0 Å². The van der Waals surface area contributed by atoms with E-state index in [-0.39, 0.29) is 30.4 Å². The molecule has 1 fully saturated rings. The van der Waals surface area contributed by atoms with E-state index in [4.69, 9.17) is 9.72 Å². The molecular formula is C21H29N3O3. The Bertz CT molecular complexity index is 793. The zero-order chi connectivity index (χ0) is 19.2. The highest BCUT2D eigenvalue weighted by Crippen LogP contribution is 2.28. The second kappa shape index (κ2) is 9.02. The molecule has 0 aliphatic heterocycles. The first-order chi connectivity index (χ1) is 13.0. The summed E-state index contributed by atoms with van der Waals surface area (Å²) in [6.07, 6.45) is 5.73. The summed E-state index contributed by atoms with van der Waals surface area (Å²) >= 11 is 0. The number of hydrogen-bond acceptors (Lipinski definition) is 4. The molecule has 1 aliphatic rings. The fraction of sp³-hybridized carbons (Fsp3) is 0.571. The molecule has 27 heavy (non-hydrogen) atoms. The number of amides is 1. The van der Waals surface area contributed by atoms with Crippen LogP contribution in [-0.4, -0.2) is 34.1 Å². The Morgan fingerprint density at radius 3 is 2.74 bits per heavy atom. The molecule has 1 N–H and O–H groups in total. The fourth-order valence-electron chi connectivity index (χ4n) is 3.21. The van der Waals surface area contributed by atoms with Crippen LogP contribution in [0.25, 0.3) is 11.0 Å². The second-order valence-corrected chi connectivity index (χ2v) is 7.52. The van der Waals surface area contributed by atoms with Gasteiger partial charge < -0.3 is 14.6 Å². The Hall–Kier alpha value is -2.37. The highest BCUT2D eigenvalue weighted by molar-refractivity contribution is 5.80. The molecule has 0 radical (unpaired) electrons. The van der Waals surface area contributed by atoms with E-state index in [9.17, 15) is 9.59 Å². The summed E-state index contributed by atoms with van der Waals surface area (Å²) in [5, 5.41) is 3.00. The largest absolute Gasteiger partial charge is 0.462 e. The maximum absolute atomic E-state index is 12.1. The van der Waals surface area contributed by atoms with Gasteiger partial charge in [0.15, 0.2) is 0 Å². The Kier molecular flexibility index (Phi) is 6.48. The highest BCUT2D eigenvalue weighted by atomic mass is 16.5. The maximum atomic E-state index is 12.1. The maximum Gasteiger partial charge on any atom is 0.326 e. The summed E-state index contributed by atoms with van der Waals surface area (Å²) < 4.78 is 7.27. The fourth-order valence-corrected chi connectivity index (χ4v) is 3.21. The number of carbonyl (C=O) groups is 2. The van der Waals surface area contributed by atoms with Crippen LogP contribution < -0.4 is 5.32 Å². The number of nitrogens with one attached hydrogen (secondary N) is 1. The molecule has 0 spiro atoms. The van der Waals surface area contributed by atoms with Gasteiger partial charge in [-0.1, -0.05) is 18.6 Å². The predicted octanol–water partition coefficient (Wildman–Crippen LogP) is 3.23. The number of benzene rings is 1. The summed E-state index contributed by atoms with van der Waals surface area (Å²) in [5.74, 6) is 1.16. The third-order valence-electron chi connectivity index (χ3n) is 4.71. The van der Waals surface area contributed by atoms with Crippen molar-refractivity contribution in [2.45, 2.75) is 65.0 Å². The summed E-state index contributed by atoms with van der Waals surface area (Å²) in [6, 6.07) is 7.87. The van der Waals surface area contributed by atoms with Crippen LogP contribution >= 0.6 is 0 Å². The van der Waals surface area contributed by atoms with E-state index in [1.807, 2.05) is 42.7 Å². The van der Waals surface area contributed by atoms with Crippen molar-refractivity contribution in [2.24, 2.45) is 5.92 Å². The lowest BCUT2D eigenvalue weighted by Gasteiger charge is -2.11. The Morgan fingerprint density at radius 1 is 1.22 bits per heavy atom. The van der Waals surface area contributed by atoms with Gasteiger partial charge >= 0.3 is 5.97 Å². The minimum atomic E-state index is -0.239. The standard InChI is InChI=1S/C21H29N3O3/c1-15(2)27-20(25)14-24-18-9-6-5-8-17(18)23-19(24)10-4-3-7-13-22-21(26)16-11-12-16/h5-6,8-9,15-16H,3-4,7,10-14H2,1-2H3,(H,22,26). The van der Waals surface area contributed by atoms with E-state index < -0.39 is 0 Å². The van der Waals surface area contributed by atoms with Crippen LogP contribution in [-0.2, 0) is 27.3 Å². The highest BCUT2D eigenvalue weighted by Gasteiger charge is 2.28. The minimum Gasteiger partial charge on any atom is -0.462 e. The number of para-hydroxylation sites is 2. The molecule has 0 saturated heterocycles. The lowest BCUT2D eigenvalue weighted by atomic mass is 10.2. The predicted molar refractivity (Wildman–Crippen MR) is 104 cm³/mol. The number of fused-ring (bicyclic) bond motifs is 1. The topological polar surface area (TPSA) is 73.2 Å². The molecule has 1 saturated carbocycles. The van der Waals surface area contributed by atoms with Crippen molar-refractivity contribution in [2.75, 3.05) is 6.54 Å². The lowest BCUT2D eigenvalue weighted by molar-refractivity contribution is -0.148. The molecule has 2 aromatic rings. The van der Waals surface area contributed by atoms with Crippen molar-refractivity contribution in [1.29, 1.82) is 0 Å². The van der Waals surface area contributed by atoms with Crippen LogP contribution in [0.2, 0.25) is 0 Å². The third-order valence-corrected chi connectivity index (χ3v) is 4.71. The molecule has 3 rings (SSSR count). The van der Waals surface area contributed by atoms with Gasteiger partial charge in [-0.05, 0) is 51.7 Å². The van der Waals surface area contributed by atoms with Gasteiger partial charge in [-0.2, -0.15) is 0 Å². The number of aromatic nitrogens is 2. The van der Waals surface area contributed by atoms with Crippen LogP contribution in [0.1, 0.15) is 51.8 Å². The zero-order valence-electron chi connectivity index (χ0n) is 16.2. The average Bonchev–Trinajstić information content (AvgIpc) is 3.42. The first-order valence-electron chi connectivity index (χ1n) is 9.96. The van der Waals surface area contributed by atoms with Gasteiger partial charge in [-0.25, -0.2) is 4.98 Å². The van der Waals surface area contributed by atoms with Gasteiger partial charge in [0.05, 0.1) is 17.1 Å². The number of esters is 1. The van der Waals surface area contributed by atoms with E-state index in [0.717, 1.165) is 61.9 Å². The molecule has 6 heteroatoms. The number of hydrogen-bond donors (Lipinski definition) is 1. The van der Waals surface area contributed by atoms with E-state index in [1.54, 1.807) is 0 Å². The van der Waals surface area contributed by atoms with Crippen molar-refractivity contribution in [3.63, 3.8) is 0 Å². The summed E-state index contributed by atoms with van der Waals surface area (Å²) in [6.45, 7) is 4.64. The van der Waals surface area contributed by atoms with E-state index in [1.165, 1.54) is 0 Å². The number of ether oxygens (including phenoxy) is 1. The van der Waals surface area contributed by atoms with Gasteiger partial charge in [0, 0.05) is 18.9 Å². The minimum absolute atomic E-state index is 0.124. The molecule has 1 amide bonds. The third kappa shape index (κ3) is 5.55. The van der Waals surface area contributed by atoms with Crippen molar-refractivity contribution in [3.8, 4) is 0 Å². The van der Waals surface area contributed by atoms with E-state index in [2.05, 4.69) is 5.32 Å². The van der Waals surface area contributed by atoms with Crippen LogP contribution in [0.3, 0.4) is 0 Å². The molecule has 1 aromatic carbocycles. The summed E-state index contributed by atoms with van der Waals surface area (Å²) in [5.41, 5.74) is 1.87. The summed E-state index contributed by atoms with van der Waals surface area (Å²) in [7, 11) is 0. The number of aryl methyl sites for hydroxylation is 1. The Labute approximate surface area is 160 Å². The van der Waals surface area contributed by atoms with E-state index in [0.29, 0.717) is 0 Å².